The van der Waals surface area contributed by atoms with Crippen molar-refractivity contribution in [1.29, 1.82) is 0 Å². The molecule has 100 valence electrons. The number of hydrogen-bond donors (Lipinski definition) is 0. The molecule has 0 amide bonds. The van der Waals surface area contributed by atoms with Gasteiger partial charge in [0.25, 0.3) is 5.56 Å². The summed E-state index contributed by atoms with van der Waals surface area (Å²) in [6.45, 7) is 1.95. The Labute approximate surface area is 124 Å². The van der Waals surface area contributed by atoms with Crippen molar-refractivity contribution in [2.45, 2.75) is 6.92 Å². The maximum atomic E-state index is 12.5. The van der Waals surface area contributed by atoms with Gasteiger partial charge in [-0.25, -0.2) is 4.98 Å². The first kappa shape index (κ1) is 13.0. The van der Waals surface area contributed by atoms with E-state index < -0.39 is 0 Å². The zero-order valence-electron chi connectivity index (χ0n) is 11.1. The minimum atomic E-state index is -0.0694. The van der Waals surface area contributed by atoms with Gasteiger partial charge in [0.2, 0.25) is 0 Å². The van der Waals surface area contributed by atoms with Crippen LogP contribution >= 0.6 is 15.9 Å². The van der Waals surface area contributed by atoms with Crippen LogP contribution in [-0.4, -0.2) is 14.5 Å². The van der Waals surface area contributed by atoms with E-state index in [4.69, 9.17) is 0 Å². The SMILES string of the molecule is Cc1cc(Br)c2nc(-c3ccccn3)n(C)c(=O)c2c1. The Balaban J connectivity index is 2.42. The van der Waals surface area contributed by atoms with E-state index in [1.165, 1.54) is 4.57 Å². The molecular weight excluding hydrogens is 318 g/mol. The minimum Gasteiger partial charge on any atom is -0.294 e. The fourth-order valence-corrected chi connectivity index (χ4v) is 2.86. The zero-order chi connectivity index (χ0) is 14.3. The number of fused-ring (bicyclic) bond motifs is 1. The van der Waals surface area contributed by atoms with Crippen molar-refractivity contribution < 1.29 is 0 Å². The molecule has 0 unspecified atom stereocenters. The van der Waals surface area contributed by atoms with Crippen LogP contribution in [0, 0.1) is 6.92 Å². The first-order valence-corrected chi connectivity index (χ1v) is 6.95. The van der Waals surface area contributed by atoms with Gasteiger partial charge in [-0.3, -0.25) is 14.3 Å². The van der Waals surface area contributed by atoms with Gasteiger partial charge in [0.1, 0.15) is 5.69 Å². The van der Waals surface area contributed by atoms with Crippen molar-refractivity contribution in [1.82, 2.24) is 14.5 Å². The van der Waals surface area contributed by atoms with Crippen LogP contribution in [0.4, 0.5) is 0 Å². The molecule has 0 spiro atoms. The number of nitrogens with zero attached hydrogens (tertiary/aromatic N) is 3. The highest BCUT2D eigenvalue weighted by Crippen LogP contribution is 2.24. The molecule has 0 aliphatic heterocycles. The molecule has 4 nitrogen and oxygen atoms in total. The fourth-order valence-electron chi connectivity index (χ4n) is 2.19. The van der Waals surface area contributed by atoms with Crippen molar-refractivity contribution in [3.05, 3.63) is 56.9 Å². The highest BCUT2D eigenvalue weighted by molar-refractivity contribution is 9.10. The quantitative estimate of drug-likeness (QED) is 0.689. The molecule has 2 heterocycles. The first-order chi connectivity index (χ1) is 9.58. The molecule has 3 aromatic rings. The standard InChI is InChI=1S/C15H12BrN3O/c1-9-7-10-13(11(16)8-9)18-14(19(2)15(10)20)12-5-3-4-6-17-12/h3-8H,1-2H3. The van der Waals surface area contributed by atoms with E-state index in [1.54, 1.807) is 13.2 Å². The van der Waals surface area contributed by atoms with Gasteiger partial charge in [-0.05, 0) is 52.7 Å². The van der Waals surface area contributed by atoms with Crippen LogP contribution in [0.15, 0.2) is 45.8 Å². The number of rotatable bonds is 1. The third-order valence-electron chi connectivity index (χ3n) is 3.17. The molecular formula is C15H12BrN3O. The second-order valence-corrected chi connectivity index (χ2v) is 5.51. The smallest absolute Gasteiger partial charge is 0.261 e. The van der Waals surface area contributed by atoms with Gasteiger partial charge in [-0.15, -0.1) is 0 Å². The van der Waals surface area contributed by atoms with E-state index in [-0.39, 0.29) is 5.56 Å². The number of aromatic nitrogens is 3. The lowest BCUT2D eigenvalue weighted by atomic mass is 10.1. The molecule has 0 aliphatic carbocycles. The summed E-state index contributed by atoms with van der Waals surface area (Å²) in [4.78, 5) is 21.4. The fraction of sp³-hybridized carbons (Fsp3) is 0.133. The third-order valence-corrected chi connectivity index (χ3v) is 3.78. The summed E-state index contributed by atoms with van der Waals surface area (Å²) in [7, 11) is 1.72. The normalized spacial score (nSPS) is 10.9. The lowest BCUT2D eigenvalue weighted by Gasteiger charge is -2.10. The number of halogens is 1. The molecule has 0 atom stereocenters. The molecule has 0 saturated heterocycles. The van der Waals surface area contributed by atoms with E-state index in [0.717, 1.165) is 10.0 Å². The van der Waals surface area contributed by atoms with Gasteiger partial charge in [0.05, 0.1) is 10.9 Å². The minimum absolute atomic E-state index is 0.0694. The summed E-state index contributed by atoms with van der Waals surface area (Å²) >= 11 is 3.48. The second kappa shape index (κ2) is 4.83. The molecule has 5 heteroatoms. The molecule has 0 aliphatic rings. The molecule has 20 heavy (non-hydrogen) atoms. The van der Waals surface area contributed by atoms with E-state index in [9.17, 15) is 4.79 Å². The van der Waals surface area contributed by atoms with E-state index in [2.05, 4.69) is 25.9 Å². The Kier molecular flexibility index (Phi) is 3.14. The van der Waals surface area contributed by atoms with Crippen LogP contribution in [0.2, 0.25) is 0 Å². The van der Waals surface area contributed by atoms with Crippen LogP contribution in [0.1, 0.15) is 5.56 Å². The van der Waals surface area contributed by atoms with Crippen molar-refractivity contribution in [3.63, 3.8) is 0 Å². The summed E-state index contributed by atoms with van der Waals surface area (Å²) in [5.74, 6) is 0.563. The maximum Gasteiger partial charge on any atom is 0.261 e. The Bertz CT molecular complexity index is 856. The highest BCUT2D eigenvalue weighted by Gasteiger charge is 2.13. The molecule has 0 fully saturated rings. The van der Waals surface area contributed by atoms with Crippen molar-refractivity contribution >= 4 is 26.8 Å². The highest BCUT2D eigenvalue weighted by atomic mass is 79.9. The zero-order valence-corrected chi connectivity index (χ0v) is 12.7. The van der Waals surface area contributed by atoms with Crippen LogP contribution in [0.3, 0.4) is 0 Å². The van der Waals surface area contributed by atoms with Crippen LogP contribution in [0.25, 0.3) is 22.4 Å². The van der Waals surface area contributed by atoms with Gasteiger partial charge < -0.3 is 0 Å². The molecule has 3 rings (SSSR count). The number of aryl methyl sites for hydroxylation is 1. The summed E-state index contributed by atoms with van der Waals surface area (Å²) < 4.78 is 2.36. The van der Waals surface area contributed by atoms with Crippen LogP contribution < -0.4 is 5.56 Å². The van der Waals surface area contributed by atoms with Crippen molar-refractivity contribution in [3.8, 4) is 11.5 Å². The van der Waals surface area contributed by atoms with Gasteiger partial charge in [-0.1, -0.05) is 6.07 Å². The number of benzene rings is 1. The lowest BCUT2D eigenvalue weighted by molar-refractivity contribution is 0.849. The van der Waals surface area contributed by atoms with Crippen LogP contribution in [-0.2, 0) is 7.05 Å². The predicted octanol–water partition coefficient (Wildman–Crippen LogP) is 3.07. The van der Waals surface area contributed by atoms with Gasteiger partial charge >= 0.3 is 0 Å². The lowest BCUT2D eigenvalue weighted by Crippen LogP contribution is -2.20. The van der Waals surface area contributed by atoms with Gasteiger partial charge in [-0.2, -0.15) is 0 Å². The van der Waals surface area contributed by atoms with E-state index in [0.29, 0.717) is 22.4 Å². The van der Waals surface area contributed by atoms with Crippen LogP contribution in [0.5, 0.6) is 0 Å². The average Bonchev–Trinajstić information content (AvgIpc) is 2.44. The summed E-state index contributed by atoms with van der Waals surface area (Å²) in [5.41, 5.74) is 2.30. The maximum absolute atomic E-state index is 12.5. The predicted molar refractivity (Wildman–Crippen MR) is 82.7 cm³/mol. The molecule has 2 aromatic heterocycles. The molecule has 0 N–H and O–H groups in total. The van der Waals surface area contributed by atoms with Gasteiger partial charge in [0, 0.05) is 17.7 Å². The molecule has 0 radical (unpaired) electrons. The van der Waals surface area contributed by atoms with Crippen molar-refractivity contribution in [2.24, 2.45) is 7.05 Å². The monoisotopic (exact) mass is 329 g/mol. The Morgan fingerprint density at radius 1 is 1.25 bits per heavy atom. The first-order valence-electron chi connectivity index (χ1n) is 6.16. The topological polar surface area (TPSA) is 47.8 Å². The molecule has 0 bridgehead atoms. The molecule has 0 saturated carbocycles. The summed E-state index contributed by atoms with van der Waals surface area (Å²) in [5, 5.41) is 0.610. The summed E-state index contributed by atoms with van der Waals surface area (Å²) in [6.07, 6.45) is 1.69. The second-order valence-electron chi connectivity index (χ2n) is 4.66. The van der Waals surface area contributed by atoms with Crippen molar-refractivity contribution in [2.75, 3.05) is 0 Å². The number of hydrogen-bond acceptors (Lipinski definition) is 3. The largest absolute Gasteiger partial charge is 0.294 e. The Morgan fingerprint density at radius 3 is 2.75 bits per heavy atom. The Morgan fingerprint density at radius 2 is 2.05 bits per heavy atom. The third kappa shape index (κ3) is 2.04. The Hall–Kier alpha value is -2.01. The average molecular weight is 330 g/mol. The van der Waals surface area contributed by atoms with Gasteiger partial charge in [0.15, 0.2) is 5.82 Å². The summed E-state index contributed by atoms with van der Waals surface area (Å²) in [6, 6.07) is 9.37. The molecule has 1 aromatic carbocycles. The van der Waals surface area contributed by atoms with E-state index >= 15 is 0 Å². The number of pyridine rings is 1. The van der Waals surface area contributed by atoms with E-state index in [1.807, 2.05) is 37.3 Å².